The van der Waals surface area contributed by atoms with E-state index in [-0.39, 0.29) is 6.03 Å². The van der Waals surface area contributed by atoms with Gasteiger partial charge >= 0.3 is 6.03 Å². The molecule has 0 saturated carbocycles. The first-order valence-electron chi connectivity index (χ1n) is 7.12. The minimum atomic E-state index is -0.381. The highest BCUT2D eigenvalue weighted by Crippen LogP contribution is 2.31. The fourth-order valence-corrected chi connectivity index (χ4v) is 2.64. The minimum Gasteiger partial charge on any atom is -0.455 e. The zero-order chi connectivity index (χ0) is 16.9. The van der Waals surface area contributed by atoms with Gasteiger partial charge in [-0.15, -0.1) is 11.3 Å². The summed E-state index contributed by atoms with van der Waals surface area (Å²) in [6.07, 6.45) is 1.63. The number of ether oxygens (including phenoxy) is 1. The van der Waals surface area contributed by atoms with E-state index in [1.807, 2.05) is 25.1 Å². The van der Waals surface area contributed by atoms with Crippen molar-refractivity contribution in [2.45, 2.75) is 6.92 Å². The number of benzene rings is 2. The molecule has 2 N–H and O–H groups in total. The number of urea groups is 1. The molecule has 0 radical (unpaired) electrons. The average Bonchev–Trinajstić information content (AvgIpc) is 3.05. The van der Waals surface area contributed by atoms with Gasteiger partial charge in [0.1, 0.15) is 5.75 Å². The van der Waals surface area contributed by atoms with Crippen molar-refractivity contribution in [1.82, 2.24) is 4.98 Å². The van der Waals surface area contributed by atoms with Gasteiger partial charge in [0.15, 0.2) is 10.9 Å². The number of nitrogens with zero attached hydrogens (tertiary/aromatic N) is 1. The molecule has 0 unspecified atom stereocenters. The highest BCUT2D eigenvalue weighted by molar-refractivity contribution is 7.13. The van der Waals surface area contributed by atoms with Crippen LogP contribution in [0, 0.1) is 6.92 Å². The van der Waals surface area contributed by atoms with Crippen molar-refractivity contribution in [3.63, 3.8) is 0 Å². The van der Waals surface area contributed by atoms with Crippen molar-refractivity contribution in [1.29, 1.82) is 0 Å². The van der Waals surface area contributed by atoms with Gasteiger partial charge in [-0.1, -0.05) is 23.7 Å². The summed E-state index contributed by atoms with van der Waals surface area (Å²) >= 11 is 7.37. The third kappa shape index (κ3) is 4.04. The molecule has 122 valence electrons. The number of nitrogens with one attached hydrogen (secondary N) is 2. The van der Waals surface area contributed by atoms with Crippen LogP contribution in [0.4, 0.5) is 15.6 Å². The maximum Gasteiger partial charge on any atom is 0.325 e. The maximum absolute atomic E-state index is 12.1. The molecule has 1 heterocycles. The first-order valence-corrected chi connectivity index (χ1v) is 8.38. The van der Waals surface area contributed by atoms with E-state index < -0.39 is 0 Å². The van der Waals surface area contributed by atoms with Crippen LogP contribution in [0.3, 0.4) is 0 Å². The lowest BCUT2D eigenvalue weighted by molar-refractivity contribution is 0.262. The van der Waals surface area contributed by atoms with Crippen LogP contribution in [0.25, 0.3) is 0 Å². The molecule has 2 amide bonds. The van der Waals surface area contributed by atoms with Gasteiger partial charge in [-0.2, -0.15) is 0 Å². The van der Waals surface area contributed by atoms with E-state index in [0.717, 1.165) is 5.56 Å². The van der Waals surface area contributed by atoms with Crippen LogP contribution >= 0.6 is 22.9 Å². The number of aromatic nitrogens is 1. The van der Waals surface area contributed by atoms with Crippen molar-refractivity contribution >= 4 is 39.8 Å². The van der Waals surface area contributed by atoms with E-state index in [0.29, 0.717) is 27.3 Å². The SMILES string of the molecule is Cc1cc(Oc2ccccc2NC(=O)Nc2nccs2)ccc1Cl. The summed E-state index contributed by atoms with van der Waals surface area (Å²) in [6.45, 7) is 1.90. The molecule has 3 aromatic rings. The summed E-state index contributed by atoms with van der Waals surface area (Å²) in [4.78, 5) is 16.1. The highest BCUT2D eigenvalue weighted by Gasteiger charge is 2.10. The molecule has 0 aliphatic carbocycles. The Hall–Kier alpha value is -2.57. The Labute approximate surface area is 148 Å². The van der Waals surface area contributed by atoms with Crippen LogP contribution in [0.15, 0.2) is 54.0 Å². The minimum absolute atomic E-state index is 0.381. The van der Waals surface area contributed by atoms with Crippen LogP contribution in [0.2, 0.25) is 5.02 Å². The molecule has 7 heteroatoms. The van der Waals surface area contributed by atoms with Gasteiger partial charge in [-0.25, -0.2) is 9.78 Å². The first-order chi connectivity index (χ1) is 11.6. The molecule has 3 rings (SSSR count). The average molecular weight is 360 g/mol. The Kier molecular flexibility index (Phi) is 4.98. The monoisotopic (exact) mass is 359 g/mol. The van der Waals surface area contributed by atoms with Gasteiger partial charge in [0.25, 0.3) is 0 Å². The number of aryl methyl sites for hydroxylation is 1. The summed E-state index contributed by atoms with van der Waals surface area (Å²) in [6, 6.07) is 12.2. The fraction of sp³-hybridized carbons (Fsp3) is 0.0588. The van der Waals surface area contributed by atoms with Crippen molar-refractivity contribution < 1.29 is 9.53 Å². The second-order valence-electron chi connectivity index (χ2n) is 4.93. The molecule has 0 saturated heterocycles. The number of halogens is 1. The number of amides is 2. The van der Waals surface area contributed by atoms with Gasteiger partial charge < -0.3 is 10.1 Å². The van der Waals surface area contributed by atoms with E-state index in [9.17, 15) is 4.79 Å². The number of rotatable bonds is 4. The number of hydrogen-bond donors (Lipinski definition) is 2. The second kappa shape index (κ2) is 7.33. The zero-order valence-electron chi connectivity index (χ0n) is 12.7. The largest absolute Gasteiger partial charge is 0.455 e. The van der Waals surface area contributed by atoms with Crippen LogP contribution in [0.5, 0.6) is 11.5 Å². The second-order valence-corrected chi connectivity index (χ2v) is 6.23. The van der Waals surface area contributed by atoms with E-state index in [1.54, 1.807) is 35.8 Å². The number of anilines is 2. The molecule has 0 spiro atoms. The lowest BCUT2D eigenvalue weighted by Gasteiger charge is -2.13. The van der Waals surface area contributed by atoms with Crippen LogP contribution in [0.1, 0.15) is 5.56 Å². The standard InChI is InChI=1S/C17H14ClN3O2S/c1-11-10-12(6-7-13(11)18)23-15-5-3-2-4-14(15)20-16(22)21-17-19-8-9-24-17/h2-10H,1H3,(H2,19,20,21,22). The third-order valence-corrected chi connectivity index (χ3v) is 4.26. The van der Waals surface area contributed by atoms with Gasteiger partial charge in [0.05, 0.1) is 5.69 Å². The lowest BCUT2D eigenvalue weighted by Crippen LogP contribution is -2.19. The number of para-hydroxylation sites is 2. The van der Waals surface area contributed by atoms with Crippen molar-refractivity contribution in [2.75, 3.05) is 10.6 Å². The maximum atomic E-state index is 12.1. The van der Waals surface area contributed by atoms with Gasteiger partial charge in [0.2, 0.25) is 0 Å². The smallest absolute Gasteiger partial charge is 0.325 e. The van der Waals surface area contributed by atoms with Crippen LogP contribution in [-0.2, 0) is 0 Å². The number of carbonyl (C=O) groups excluding carboxylic acids is 1. The van der Waals surface area contributed by atoms with E-state index in [1.165, 1.54) is 11.3 Å². The normalized spacial score (nSPS) is 10.2. The molecule has 0 aliphatic heterocycles. The molecule has 24 heavy (non-hydrogen) atoms. The Bertz CT molecular complexity index is 853. The third-order valence-electron chi connectivity index (χ3n) is 3.15. The molecule has 0 bridgehead atoms. The van der Waals surface area contributed by atoms with Crippen molar-refractivity contribution in [3.8, 4) is 11.5 Å². The number of hydrogen-bond acceptors (Lipinski definition) is 4. The van der Waals surface area contributed by atoms with E-state index in [4.69, 9.17) is 16.3 Å². The molecule has 0 atom stereocenters. The molecule has 1 aromatic heterocycles. The Morgan fingerprint density at radius 2 is 2.04 bits per heavy atom. The highest BCUT2D eigenvalue weighted by atomic mass is 35.5. The quantitative estimate of drug-likeness (QED) is 0.642. The fourth-order valence-electron chi connectivity index (χ4n) is 2.00. The molecule has 0 aliphatic rings. The van der Waals surface area contributed by atoms with Crippen LogP contribution < -0.4 is 15.4 Å². The number of thiazole rings is 1. The number of carbonyl (C=O) groups is 1. The Balaban J connectivity index is 1.75. The zero-order valence-corrected chi connectivity index (χ0v) is 14.3. The molecular weight excluding hydrogens is 346 g/mol. The lowest BCUT2D eigenvalue weighted by atomic mass is 10.2. The summed E-state index contributed by atoms with van der Waals surface area (Å²) in [5.41, 5.74) is 1.47. The first kappa shape index (κ1) is 16.3. The predicted octanol–water partition coefficient (Wildman–Crippen LogP) is 5.54. The Morgan fingerprint density at radius 3 is 2.79 bits per heavy atom. The predicted molar refractivity (Wildman–Crippen MR) is 97.5 cm³/mol. The van der Waals surface area contributed by atoms with Crippen LogP contribution in [-0.4, -0.2) is 11.0 Å². The summed E-state index contributed by atoms with van der Waals surface area (Å²) in [5.74, 6) is 1.18. The molecular formula is C17H14ClN3O2S. The molecule has 0 fully saturated rings. The van der Waals surface area contributed by atoms with Gasteiger partial charge in [-0.3, -0.25) is 5.32 Å². The molecule has 2 aromatic carbocycles. The van der Waals surface area contributed by atoms with Crippen molar-refractivity contribution in [2.24, 2.45) is 0 Å². The summed E-state index contributed by atoms with van der Waals surface area (Å²) < 4.78 is 5.87. The van der Waals surface area contributed by atoms with E-state index >= 15 is 0 Å². The Morgan fingerprint density at radius 1 is 1.21 bits per heavy atom. The van der Waals surface area contributed by atoms with Gasteiger partial charge in [-0.05, 0) is 42.8 Å². The van der Waals surface area contributed by atoms with Crippen molar-refractivity contribution in [3.05, 3.63) is 64.6 Å². The summed E-state index contributed by atoms with van der Waals surface area (Å²) in [5, 5.41) is 8.41. The van der Waals surface area contributed by atoms with E-state index in [2.05, 4.69) is 15.6 Å². The van der Waals surface area contributed by atoms with Gasteiger partial charge in [0, 0.05) is 16.6 Å². The molecule has 5 nitrogen and oxygen atoms in total. The summed E-state index contributed by atoms with van der Waals surface area (Å²) in [7, 11) is 0. The topological polar surface area (TPSA) is 63.2 Å².